The van der Waals surface area contributed by atoms with E-state index in [1.807, 2.05) is 0 Å². The molecule has 4 nitrogen and oxygen atoms in total. The van der Waals surface area contributed by atoms with Crippen LogP contribution >= 0.6 is 0 Å². The van der Waals surface area contributed by atoms with Crippen molar-refractivity contribution in [1.82, 2.24) is 0 Å². The molecule has 0 radical (unpaired) electrons. The molecule has 3 fully saturated rings. The Labute approximate surface area is 82.2 Å². The van der Waals surface area contributed by atoms with Gasteiger partial charge in [-0.15, -0.1) is 0 Å². The van der Waals surface area contributed by atoms with E-state index in [9.17, 15) is 9.59 Å². The molecule has 2 atom stereocenters. The molecule has 3 rings (SSSR count). The van der Waals surface area contributed by atoms with Gasteiger partial charge in [-0.25, -0.2) is 0 Å². The molecule has 0 aromatic heterocycles. The third kappa shape index (κ3) is 1.29. The van der Waals surface area contributed by atoms with Crippen LogP contribution in [0.3, 0.4) is 0 Å². The zero-order valence-electron chi connectivity index (χ0n) is 8.10. The van der Waals surface area contributed by atoms with E-state index in [-0.39, 0.29) is 17.8 Å². The molecule has 0 aromatic rings. The lowest BCUT2D eigenvalue weighted by molar-refractivity contribution is -0.163. The van der Waals surface area contributed by atoms with Crippen molar-refractivity contribution in [3.05, 3.63) is 0 Å². The van der Waals surface area contributed by atoms with E-state index in [1.54, 1.807) is 0 Å². The molecule has 0 aliphatic heterocycles. The summed E-state index contributed by atoms with van der Waals surface area (Å²) in [4.78, 5) is 22.2. The molecule has 78 valence electrons. The molecule has 3 saturated carbocycles. The van der Waals surface area contributed by atoms with Crippen LogP contribution in [0.15, 0.2) is 0 Å². The smallest absolute Gasteiger partial charge is 0.308 e. The highest BCUT2D eigenvalue weighted by Crippen LogP contribution is 2.52. The summed E-state index contributed by atoms with van der Waals surface area (Å²) in [6.45, 7) is 0. The predicted molar refractivity (Wildman–Crippen MR) is 47.5 cm³/mol. The van der Waals surface area contributed by atoms with Gasteiger partial charge in [0.2, 0.25) is 0 Å². The summed E-state index contributed by atoms with van der Waals surface area (Å²) in [6, 6.07) is 0. The topological polar surface area (TPSA) is 63.6 Å². The molecule has 14 heavy (non-hydrogen) atoms. The van der Waals surface area contributed by atoms with Crippen LogP contribution in [0.2, 0.25) is 0 Å². The van der Waals surface area contributed by atoms with Crippen LogP contribution < -0.4 is 0 Å². The van der Waals surface area contributed by atoms with Crippen molar-refractivity contribution in [2.24, 2.45) is 23.7 Å². The number of esters is 1. The first-order valence-electron chi connectivity index (χ1n) is 4.94. The van der Waals surface area contributed by atoms with Crippen LogP contribution in [0, 0.1) is 23.7 Å². The average Bonchev–Trinajstić information content (AvgIpc) is 2.14. The van der Waals surface area contributed by atoms with Gasteiger partial charge in [0.25, 0.3) is 0 Å². The number of ether oxygens (including phenoxy) is 1. The Bertz CT molecular complexity index is 267. The average molecular weight is 198 g/mol. The van der Waals surface area contributed by atoms with Gasteiger partial charge in [-0.3, -0.25) is 9.59 Å². The second-order valence-electron chi connectivity index (χ2n) is 4.30. The molecule has 3 aliphatic carbocycles. The van der Waals surface area contributed by atoms with Gasteiger partial charge >= 0.3 is 11.9 Å². The van der Waals surface area contributed by atoms with Crippen molar-refractivity contribution in [1.29, 1.82) is 0 Å². The molecule has 0 heterocycles. The molecule has 2 bridgehead atoms. The lowest BCUT2D eigenvalue weighted by atomic mass is 9.55. The first kappa shape index (κ1) is 9.49. The summed E-state index contributed by atoms with van der Waals surface area (Å²) in [5.41, 5.74) is 0. The number of hydrogen-bond donors (Lipinski definition) is 1. The lowest BCUT2D eigenvalue weighted by Gasteiger charge is -2.48. The maximum absolute atomic E-state index is 11.4. The van der Waals surface area contributed by atoms with Crippen LogP contribution in [0.4, 0.5) is 0 Å². The highest BCUT2D eigenvalue weighted by atomic mass is 16.5. The monoisotopic (exact) mass is 198 g/mol. The van der Waals surface area contributed by atoms with Crippen molar-refractivity contribution < 1.29 is 19.4 Å². The number of carboxylic acid groups (broad SMARTS) is 1. The van der Waals surface area contributed by atoms with E-state index < -0.39 is 5.97 Å². The molecule has 0 saturated heterocycles. The van der Waals surface area contributed by atoms with E-state index in [1.165, 1.54) is 7.11 Å². The van der Waals surface area contributed by atoms with E-state index >= 15 is 0 Å². The van der Waals surface area contributed by atoms with Crippen molar-refractivity contribution in [2.45, 2.75) is 19.3 Å². The molecule has 1 N–H and O–H groups in total. The quantitative estimate of drug-likeness (QED) is 0.670. The summed E-state index contributed by atoms with van der Waals surface area (Å²) < 4.78 is 4.68. The van der Waals surface area contributed by atoms with Crippen LogP contribution in [-0.4, -0.2) is 24.2 Å². The van der Waals surface area contributed by atoms with Crippen molar-refractivity contribution >= 4 is 11.9 Å². The van der Waals surface area contributed by atoms with Gasteiger partial charge in [-0.2, -0.15) is 0 Å². The molecular weight excluding hydrogens is 184 g/mol. The molecule has 3 aliphatic rings. The van der Waals surface area contributed by atoms with Gasteiger partial charge in [0.1, 0.15) is 0 Å². The number of carboxylic acids is 1. The van der Waals surface area contributed by atoms with Crippen molar-refractivity contribution in [3.8, 4) is 0 Å². The lowest BCUT2D eigenvalue weighted by Crippen LogP contribution is -2.48. The van der Waals surface area contributed by atoms with Gasteiger partial charge in [-0.05, 0) is 31.1 Å². The van der Waals surface area contributed by atoms with Gasteiger partial charge < -0.3 is 9.84 Å². The number of carbonyl (C=O) groups excluding carboxylic acids is 1. The third-order valence-electron chi connectivity index (χ3n) is 3.68. The van der Waals surface area contributed by atoms with Crippen LogP contribution in [0.1, 0.15) is 19.3 Å². The summed E-state index contributed by atoms with van der Waals surface area (Å²) in [6.07, 6.45) is 2.24. The normalized spacial score (nSPS) is 39.8. The number of rotatable bonds is 2. The van der Waals surface area contributed by atoms with Crippen molar-refractivity contribution in [2.75, 3.05) is 7.11 Å². The van der Waals surface area contributed by atoms with E-state index in [4.69, 9.17) is 5.11 Å². The second kappa shape index (κ2) is 3.26. The Kier molecular flexibility index (Phi) is 2.21. The molecule has 4 heteroatoms. The second-order valence-corrected chi connectivity index (χ2v) is 4.30. The Morgan fingerprint density at radius 1 is 1.14 bits per heavy atom. The number of aliphatic carboxylic acids is 1. The predicted octanol–water partition coefficient (Wildman–Crippen LogP) is 0.906. The largest absolute Gasteiger partial charge is 0.481 e. The first-order chi connectivity index (χ1) is 6.63. The number of hydrogen-bond acceptors (Lipinski definition) is 3. The van der Waals surface area contributed by atoms with E-state index in [0.717, 1.165) is 12.8 Å². The standard InChI is InChI=1S/C10H14O4/c1-14-10(13)8-4-7(9(11)12)5-2-6(8)3-5/h5-8H,2-4H2,1H3,(H,11,12)/t5?,6?,7?,8-/m1/s1. The minimum atomic E-state index is -0.762. The molecule has 0 aromatic carbocycles. The Balaban J connectivity index is 2.07. The van der Waals surface area contributed by atoms with Crippen LogP contribution in [0.25, 0.3) is 0 Å². The zero-order valence-corrected chi connectivity index (χ0v) is 8.10. The molecular formula is C10H14O4. The van der Waals surface area contributed by atoms with Gasteiger partial charge in [0.05, 0.1) is 18.9 Å². The van der Waals surface area contributed by atoms with Gasteiger partial charge in [0.15, 0.2) is 0 Å². The summed E-state index contributed by atoms with van der Waals surface area (Å²) in [5, 5.41) is 8.95. The number of fused-ring (bicyclic) bond motifs is 2. The Morgan fingerprint density at radius 3 is 2.21 bits per heavy atom. The zero-order chi connectivity index (χ0) is 10.3. The summed E-state index contributed by atoms with van der Waals surface area (Å²) in [5.74, 6) is -0.821. The van der Waals surface area contributed by atoms with Crippen LogP contribution in [0.5, 0.6) is 0 Å². The van der Waals surface area contributed by atoms with E-state index in [2.05, 4.69) is 4.74 Å². The Hall–Kier alpha value is -1.06. The molecule has 0 amide bonds. The molecule has 0 spiro atoms. The SMILES string of the molecule is COC(=O)[C@@H]1CC(C(=O)O)C2CC1C2. The Morgan fingerprint density at radius 2 is 1.71 bits per heavy atom. The van der Waals surface area contributed by atoms with Gasteiger partial charge in [0, 0.05) is 0 Å². The maximum atomic E-state index is 11.4. The number of methoxy groups -OCH3 is 1. The maximum Gasteiger partial charge on any atom is 0.308 e. The number of carbonyl (C=O) groups is 2. The van der Waals surface area contributed by atoms with Crippen LogP contribution in [-0.2, 0) is 14.3 Å². The van der Waals surface area contributed by atoms with Gasteiger partial charge in [-0.1, -0.05) is 0 Å². The first-order valence-corrected chi connectivity index (χ1v) is 4.94. The fraction of sp³-hybridized carbons (Fsp3) is 0.800. The third-order valence-corrected chi connectivity index (χ3v) is 3.68. The van der Waals surface area contributed by atoms with E-state index in [0.29, 0.717) is 18.3 Å². The minimum absolute atomic E-state index is 0.175. The fourth-order valence-corrected chi connectivity index (χ4v) is 2.77. The highest BCUT2D eigenvalue weighted by Gasteiger charge is 2.51. The van der Waals surface area contributed by atoms with Crippen molar-refractivity contribution in [3.63, 3.8) is 0 Å². The summed E-state index contributed by atoms with van der Waals surface area (Å²) >= 11 is 0. The fourth-order valence-electron chi connectivity index (χ4n) is 2.77. The summed E-state index contributed by atoms with van der Waals surface area (Å²) in [7, 11) is 1.36. The minimum Gasteiger partial charge on any atom is -0.481 e. The molecule has 1 unspecified atom stereocenters. The highest BCUT2D eigenvalue weighted by molar-refractivity contribution is 5.76.